The first kappa shape index (κ1) is 20.6. The van der Waals surface area contributed by atoms with Crippen molar-refractivity contribution in [1.82, 2.24) is 10.4 Å². The first-order chi connectivity index (χ1) is 12.6. The topological polar surface area (TPSA) is 67.6 Å². The third-order valence-electron chi connectivity index (χ3n) is 4.46. The number of hydrogen-bond acceptors (Lipinski definition) is 5. The van der Waals surface area contributed by atoms with Crippen LogP contribution < -0.4 is 11.2 Å². The Kier molecular flexibility index (Phi) is 7.13. The van der Waals surface area contributed by atoms with E-state index in [0.29, 0.717) is 31.8 Å². The Morgan fingerprint density at radius 3 is 2.70 bits per heavy atom. The number of hydrogen-bond donors (Lipinski definition) is 2. The van der Waals surface area contributed by atoms with Gasteiger partial charge >= 0.3 is 5.97 Å². The minimum absolute atomic E-state index is 0. The first-order valence-electron chi connectivity index (χ1n) is 8.96. The molecule has 0 fully saturated rings. The molecule has 1 aliphatic heterocycles. The van der Waals surface area contributed by atoms with Crippen molar-refractivity contribution in [3.63, 3.8) is 0 Å². The van der Waals surface area contributed by atoms with Crippen molar-refractivity contribution in [2.75, 3.05) is 13.2 Å². The Labute approximate surface area is 166 Å². The summed E-state index contributed by atoms with van der Waals surface area (Å²) in [5.41, 5.74) is 12.8. The number of allylic oxidation sites excluding steroid dienone is 2. The molecule has 3 rings (SSSR count). The maximum Gasteiger partial charge on any atom is 0.305 e. The predicted octanol–water partition coefficient (Wildman–Crippen LogP) is 3.96. The molecule has 27 heavy (non-hydrogen) atoms. The van der Waals surface area contributed by atoms with Gasteiger partial charge in [0.05, 0.1) is 12.3 Å². The number of hydrazine groups is 1. The van der Waals surface area contributed by atoms with E-state index in [1.165, 1.54) is 10.8 Å². The summed E-state index contributed by atoms with van der Waals surface area (Å²) in [5, 5.41) is 4.29. The van der Waals surface area contributed by atoms with Crippen molar-refractivity contribution in [3.05, 3.63) is 65.5 Å². The van der Waals surface area contributed by atoms with Gasteiger partial charge in [-0.3, -0.25) is 15.2 Å². The lowest BCUT2D eigenvalue weighted by Gasteiger charge is -2.32. The molecule has 0 bridgehead atoms. The summed E-state index contributed by atoms with van der Waals surface area (Å²) in [6.45, 7) is 4.86. The SMILES string of the molecule is CCOC(=O)CCCN1NC(c2cccc3ccccc23)=CC(C)=C1N.Cl. The Hall–Kier alpha value is -2.66. The standard InChI is InChI=1S/C21H25N3O2.ClH/c1-3-26-20(25)12-7-13-24-21(22)15(2)14-19(23-24)18-11-6-9-16-8-4-5-10-17(16)18;/h4-6,8-11,14,23H,3,7,12-13,22H2,1-2H3;1H. The Balaban J connectivity index is 0.00000261. The second kappa shape index (κ2) is 9.33. The minimum atomic E-state index is -0.173. The zero-order valence-corrected chi connectivity index (χ0v) is 16.5. The van der Waals surface area contributed by atoms with Crippen LogP contribution >= 0.6 is 12.4 Å². The molecule has 0 atom stereocenters. The van der Waals surface area contributed by atoms with E-state index in [4.69, 9.17) is 10.5 Å². The highest BCUT2D eigenvalue weighted by molar-refractivity contribution is 5.94. The predicted molar refractivity (Wildman–Crippen MR) is 112 cm³/mol. The van der Waals surface area contributed by atoms with E-state index in [2.05, 4.69) is 41.8 Å². The van der Waals surface area contributed by atoms with Gasteiger partial charge in [0.1, 0.15) is 5.82 Å². The number of carbonyl (C=O) groups is 1. The summed E-state index contributed by atoms with van der Waals surface area (Å²) >= 11 is 0. The number of fused-ring (bicyclic) bond motifs is 1. The van der Waals surface area contributed by atoms with E-state index in [1.54, 1.807) is 0 Å². The normalized spacial score (nSPS) is 13.7. The number of benzene rings is 2. The van der Waals surface area contributed by atoms with Gasteiger partial charge in [0.25, 0.3) is 0 Å². The molecule has 0 radical (unpaired) electrons. The lowest BCUT2D eigenvalue weighted by atomic mass is 10.0. The molecule has 1 aliphatic rings. The summed E-state index contributed by atoms with van der Waals surface area (Å²) in [6.07, 6.45) is 3.12. The first-order valence-corrected chi connectivity index (χ1v) is 8.96. The van der Waals surface area contributed by atoms with Gasteiger partial charge in [-0.1, -0.05) is 42.5 Å². The lowest BCUT2D eigenvalue weighted by Crippen LogP contribution is -2.42. The molecule has 144 valence electrons. The van der Waals surface area contributed by atoms with Crippen LogP contribution in [0.5, 0.6) is 0 Å². The number of carbonyl (C=O) groups excluding carboxylic acids is 1. The second-order valence-corrected chi connectivity index (χ2v) is 6.32. The average molecular weight is 388 g/mol. The fourth-order valence-corrected chi connectivity index (χ4v) is 3.13. The van der Waals surface area contributed by atoms with Gasteiger partial charge in [0.15, 0.2) is 0 Å². The van der Waals surface area contributed by atoms with Gasteiger partial charge in [-0.25, -0.2) is 0 Å². The number of rotatable bonds is 6. The van der Waals surface area contributed by atoms with E-state index in [9.17, 15) is 4.79 Å². The maximum atomic E-state index is 11.5. The lowest BCUT2D eigenvalue weighted by molar-refractivity contribution is -0.143. The molecule has 0 unspecified atom stereocenters. The molecule has 0 spiro atoms. The van der Waals surface area contributed by atoms with Gasteiger partial charge in [-0.15, -0.1) is 12.4 Å². The molecular weight excluding hydrogens is 362 g/mol. The van der Waals surface area contributed by atoms with Gasteiger partial charge < -0.3 is 10.5 Å². The molecule has 0 saturated carbocycles. The molecule has 6 heteroatoms. The van der Waals surface area contributed by atoms with Crippen LogP contribution in [0.4, 0.5) is 0 Å². The van der Waals surface area contributed by atoms with Gasteiger partial charge in [-0.2, -0.15) is 0 Å². The highest BCUT2D eigenvalue weighted by Crippen LogP contribution is 2.27. The number of nitrogens with one attached hydrogen (secondary N) is 1. The largest absolute Gasteiger partial charge is 0.466 e. The Morgan fingerprint density at radius 1 is 1.19 bits per heavy atom. The molecule has 0 saturated heterocycles. The van der Waals surface area contributed by atoms with E-state index >= 15 is 0 Å². The number of esters is 1. The second-order valence-electron chi connectivity index (χ2n) is 6.32. The third-order valence-corrected chi connectivity index (χ3v) is 4.46. The molecule has 2 aromatic carbocycles. The fourth-order valence-electron chi connectivity index (χ4n) is 3.13. The molecule has 2 aromatic rings. The molecule has 0 aliphatic carbocycles. The van der Waals surface area contributed by atoms with Crippen molar-refractivity contribution in [2.24, 2.45) is 5.73 Å². The fraction of sp³-hybridized carbons (Fsp3) is 0.286. The highest BCUT2D eigenvalue weighted by Gasteiger charge is 2.18. The zero-order valence-electron chi connectivity index (χ0n) is 15.7. The zero-order chi connectivity index (χ0) is 18.5. The summed E-state index contributed by atoms with van der Waals surface area (Å²) in [4.78, 5) is 11.5. The van der Waals surface area contributed by atoms with Crippen molar-refractivity contribution < 1.29 is 9.53 Å². The average Bonchev–Trinajstić information content (AvgIpc) is 2.65. The van der Waals surface area contributed by atoms with E-state index in [0.717, 1.165) is 16.8 Å². The summed E-state index contributed by atoms with van der Waals surface area (Å²) in [5.74, 6) is 0.506. The summed E-state index contributed by atoms with van der Waals surface area (Å²) in [7, 11) is 0. The monoisotopic (exact) mass is 387 g/mol. The van der Waals surface area contributed by atoms with E-state index < -0.39 is 0 Å². The third kappa shape index (κ3) is 4.74. The number of ether oxygens (including phenoxy) is 1. The Bertz CT molecular complexity index is 871. The summed E-state index contributed by atoms with van der Waals surface area (Å²) < 4.78 is 4.99. The molecular formula is C21H26ClN3O2. The van der Waals surface area contributed by atoms with Gasteiger partial charge in [0.2, 0.25) is 0 Å². The van der Waals surface area contributed by atoms with Gasteiger partial charge in [-0.05, 0) is 42.7 Å². The number of nitrogens with zero attached hydrogens (tertiary/aromatic N) is 1. The van der Waals surface area contributed by atoms with Crippen LogP contribution in [-0.4, -0.2) is 24.1 Å². The Morgan fingerprint density at radius 2 is 1.93 bits per heavy atom. The molecule has 0 aromatic heterocycles. The maximum absolute atomic E-state index is 11.5. The molecule has 1 heterocycles. The van der Waals surface area contributed by atoms with Crippen LogP contribution in [0.1, 0.15) is 32.3 Å². The van der Waals surface area contributed by atoms with Crippen LogP contribution in [-0.2, 0) is 9.53 Å². The van der Waals surface area contributed by atoms with Crippen LogP contribution in [0.3, 0.4) is 0 Å². The van der Waals surface area contributed by atoms with Crippen molar-refractivity contribution in [3.8, 4) is 0 Å². The van der Waals surface area contributed by atoms with E-state index in [-0.39, 0.29) is 18.4 Å². The quantitative estimate of drug-likeness (QED) is 0.734. The number of nitrogens with two attached hydrogens (primary N) is 1. The molecule has 5 nitrogen and oxygen atoms in total. The van der Waals surface area contributed by atoms with Crippen LogP contribution in [0.2, 0.25) is 0 Å². The van der Waals surface area contributed by atoms with Crippen molar-refractivity contribution in [2.45, 2.75) is 26.7 Å². The molecule has 0 amide bonds. The van der Waals surface area contributed by atoms with Crippen LogP contribution in [0.25, 0.3) is 16.5 Å². The van der Waals surface area contributed by atoms with Crippen molar-refractivity contribution >= 4 is 34.8 Å². The smallest absolute Gasteiger partial charge is 0.305 e. The van der Waals surface area contributed by atoms with Crippen LogP contribution in [0.15, 0.2) is 59.9 Å². The highest BCUT2D eigenvalue weighted by atomic mass is 35.5. The van der Waals surface area contributed by atoms with E-state index in [1.807, 2.05) is 31.0 Å². The minimum Gasteiger partial charge on any atom is -0.466 e. The van der Waals surface area contributed by atoms with Gasteiger partial charge in [0, 0.05) is 18.5 Å². The molecule has 3 N–H and O–H groups in total. The number of halogens is 1. The summed E-state index contributed by atoms with van der Waals surface area (Å²) in [6, 6.07) is 14.6. The van der Waals surface area contributed by atoms with Crippen molar-refractivity contribution in [1.29, 1.82) is 0 Å². The van der Waals surface area contributed by atoms with Crippen LogP contribution in [0, 0.1) is 0 Å².